The van der Waals surface area contributed by atoms with E-state index >= 15 is 0 Å². The smallest absolute Gasteiger partial charge is 0.358 e. The standard InChI is InChI=1S/C23H27F3N4O/c1-5-30(6-2)12-11-28-22(31)21-15(3)20(29-16(21)4)13-18(14-27)17-7-9-19(10-8-17)23(24,25)26/h7-10,13,29H,5-6,11-12H2,1-4H3,(H,28,31)/b18-13+. The zero-order valence-corrected chi connectivity index (χ0v) is 18.2. The quantitative estimate of drug-likeness (QED) is 0.590. The molecular weight excluding hydrogens is 405 g/mol. The van der Waals surface area contributed by atoms with Crippen molar-refractivity contribution in [2.75, 3.05) is 26.2 Å². The van der Waals surface area contributed by atoms with E-state index in [2.05, 4.69) is 29.0 Å². The number of hydrogen-bond acceptors (Lipinski definition) is 3. The van der Waals surface area contributed by atoms with E-state index in [0.29, 0.717) is 34.6 Å². The number of nitrogens with zero attached hydrogens (tertiary/aromatic N) is 2. The van der Waals surface area contributed by atoms with Crippen molar-refractivity contribution >= 4 is 17.6 Å². The summed E-state index contributed by atoms with van der Waals surface area (Å²) in [5, 5.41) is 12.4. The lowest BCUT2D eigenvalue weighted by molar-refractivity contribution is -0.137. The zero-order valence-electron chi connectivity index (χ0n) is 18.2. The molecule has 1 amide bonds. The van der Waals surface area contributed by atoms with E-state index in [0.717, 1.165) is 31.8 Å². The fourth-order valence-electron chi connectivity index (χ4n) is 3.38. The molecule has 31 heavy (non-hydrogen) atoms. The number of nitriles is 1. The minimum Gasteiger partial charge on any atom is -0.358 e. The summed E-state index contributed by atoms with van der Waals surface area (Å²) in [6.07, 6.45) is -2.88. The number of benzene rings is 1. The minimum atomic E-state index is -4.43. The average molecular weight is 432 g/mol. The number of halogens is 3. The first-order chi connectivity index (χ1) is 14.6. The van der Waals surface area contributed by atoms with Gasteiger partial charge in [-0.05, 0) is 56.3 Å². The molecule has 1 aromatic carbocycles. The van der Waals surface area contributed by atoms with Crippen LogP contribution in [0.4, 0.5) is 13.2 Å². The number of aromatic nitrogens is 1. The molecule has 2 N–H and O–H groups in total. The van der Waals surface area contributed by atoms with Gasteiger partial charge < -0.3 is 15.2 Å². The summed E-state index contributed by atoms with van der Waals surface area (Å²) >= 11 is 0. The fourth-order valence-corrected chi connectivity index (χ4v) is 3.38. The lowest BCUT2D eigenvalue weighted by Crippen LogP contribution is -2.35. The lowest BCUT2D eigenvalue weighted by Gasteiger charge is -2.18. The molecule has 0 aliphatic carbocycles. The molecule has 5 nitrogen and oxygen atoms in total. The summed E-state index contributed by atoms with van der Waals surface area (Å²) in [6.45, 7) is 10.8. The molecule has 0 atom stereocenters. The van der Waals surface area contributed by atoms with Gasteiger partial charge in [0.05, 0.1) is 22.8 Å². The van der Waals surface area contributed by atoms with Crippen LogP contribution < -0.4 is 5.32 Å². The van der Waals surface area contributed by atoms with Crippen LogP contribution in [0.3, 0.4) is 0 Å². The van der Waals surface area contributed by atoms with E-state index in [1.807, 2.05) is 6.07 Å². The molecule has 0 saturated carbocycles. The van der Waals surface area contributed by atoms with Gasteiger partial charge in [0.15, 0.2) is 0 Å². The van der Waals surface area contributed by atoms with Crippen molar-refractivity contribution < 1.29 is 18.0 Å². The number of carbonyl (C=O) groups excluding carboxylic acids is 1. The third-order valence-corrected chi connectivity index (χ3v) is 5.24. The Morgan fingerprint density at radius 2 is 1.81 bits per heavy atom. The number of rotatable bonds is 8. The molecule has 0 bridgehead atoms. The maximum atomic E-state index is 12.8. The Hall–Kier alpha value is -3.05. The van der Waals surface area contributed by atoms with Gasteiger partial charge in [-0.3, -0.25) is 4.79 Å². The topological polar surface area (TPSA) is 71.9 Å². The van der Waals surface area contributed by atoms with E-state index in [4.69, 9.17) is 0 Å². The molecule has 8 heteroatoms. The molecule has 0 saturated heterocycles. The van der Waals surface area contributed by atoms with E-state index in [9.17, 15) is 23.2 Å². The second-order valence-electron chi connectivity index (χ2n) is 7.19. The number of allylic oxidation sites excluding steroid dienone is 1. The molecular formula is C23H27F3N4O. The normalized spacial score (nSPS) is 12.2. The van der Waals surface area contributed by atoms with Gasteiger partial charge in [0, 0.05) is 24.5 Å². The van der Waals surface area contributed by atoms with Crippen molar-refractivity contribution in [1.82, 2.24) is 15.2 Å². The summed E-state index contributed by atoms with van der Waals surface area (Å²) in [5.41, 5.74) is 2.22. The third kappa shape index (κ3) is 5.98. The van der Waals surface area contributed by atoms with Crippen LogP contribution in [0.25, 0.3) is 11.6 Å². The van der Waals surface area contributed by atoms with E-state index < -0.39 is 11.7 Å². The first kappa shape index (κ1) is 24.2. The molecule has 1 heterocycles. The van der Waals surface area contributed by atoms with Crippen LogP contribution in [0, 0.1) is 25.2 Å². The van der Waals surface area contributed by atoms with Crippen LogP contribution in [0.5, 0.6) is 0 Å². The predicted octanol–water partition coefficient (Wildman–Crippen LogP) is 4.79. The average Bonchev–Trinajstić information content (AvgIpc) is 3.01. The molecule has 0 aliphatic rings. The highest BCUT2D eigenvalue weighted by Crippen LogP contribution is 2.30. The van der Waals surface area contributed by atoms with Crippen molar-refractivity contribution in [3.05, 3.63) is 57.9 Å². The number of hydrogen-bond donors (Lipinski definition) is 2. The molecule has 0 fully saturated rings. The number of aromatic amines is 1. The van der Waals surface area contributed by atoms with Crippen LogP contribution in [-0.2, 0) is 6.18 Å². The Labute approximate surface area is 180 Å². The lowest BCUT2D eigenvalue weighted by atomic mass is 10.0. The molecule has 0 spiro atoms. The van der Waals surface area contributed by atoms with E-state index in [-0.39, 0.29) is 11.5 Å². The molecule has 0 aliphatic heterocycles. The summed E-state index contributed by atoms with van der Waals surface area (Å²) in [4.78, 5) is 18.0. The van der Waals surface area contributed by atoms with Gasteiger partial charge in [-0.25, -0.2) is 0 Å². The monoisotopic (exact) mass is 432 g/mol. The SMILES string of the molecule is CCN(CC)CCNC(=O)c1c(C)[nH]c(/C=C(\C#N)c2ccc(C(F)(F)F)cc2)c1C. The van der Waals surface area contributed by atoms with Crippen LogP contribution in [0.15, 0.2) is 24.3 Å². The summed E-state index contributed by atoms with van der Waals surface area (Å²) in [5.74, 6) is -0.203. The number of nitrogens with one attached hydrogen (secondary N) is 2. The molecule has 1 aromatic heterocycles. The molecule has 0 unspecified atom stereocenters. The molecule has 166 valence electrons. The summed E-state index contributed by atoms with van der Waals surface area (Å²) in [7, 11) is 0. The zero-order chi connectivity index (χ0) is 23.2. The first-order valence-corrected chi connectivity index (χ1v) is 10.1. The number of H-pyrrole nitrogens is 1. The maximum Gasteiger partial charge on any atom is 0.416 e. The highest BCUT2D eigenvalue weighted by atomic mass is 19.4. The van der Waals surface area contributed by atoms with Crippen molar-refractivity contribution in [2.24, 2.45) is 0 Å². The fraction of sp³-hybridized carbons (Fsp3) is 0.391. The molecule has 0 radical (unpaired) electrons. The first-order valence-electron chi connectivity index (χ1n) is 10.1. The number of alkyl halides is 3. The predicted molar refractivity (Wildman–Crippen MR) is 115 cm³/mol. The van der Waals surface area contributed by atoms with Gasteiger partial charge in [0.25, 0.3) is 5.91 Å². The second-order valence-corrected chi connectivity index (χ2v) is 7.19. The second kappa shape index (κ2) is 10.3. The highest BCUT2D eigenvalue weighted by Gasteiger charge is 2.30. The van der Waals surface area contributed by atoms with Gasteiger partial charge in [-0.15, -0.1) is 0 Å². The van der Waals surface area contributed by atoms with Crippen molar-refractivity contribution in [2.45, 2.75) is 33.9 Å². The number of carbonyl (C=O) groups is 1. The Morgan fingerprint density at radius 3 is 2.32 bits per heavy atom. The summed E-state index contributed by atoms with van der Waals surface area (Å²) in [6, 6.07) is 6.45. The highest BCUT2D eigenvalue weighted by molar-refractivity contribution is 5.99. The van der Waals surface area contributed by atoms with Crippen LogP contribution in [0.2, 0.25) is 0 Å². The van der Waals surface area contributed by atoms with Gasteiger partial charge in [-0.1, -0.05) is 26.0 Å². The number of amides is 1. The summed E-state index contributed by atoms with van der Waals surface area (Å²) < 4.78 is 38.3. The number of aryl methyl sites for hydroxylation is 1. The number of likely N-dealkylation sites (N-methyl/N-ethyl adjacent to an activating group) is 1. The maximum absolute atomic E-state index is 12.8. The molecule has 2 aromatic rings. The Balaban J connectivity index is 2.24. The Morgan fingerprint density at radius 1 is 1.19 bits per heavy atom. The van der Waals surface area contributed by atoms with Crippen LogP contribution in [-0.4, -0.2) is 42.0 Å². The molecule has 2 rings (SSSR count). The van der Waals surface area contributed by atoms with Crippen molar-refractivity contribution in [3.63, 3.8) is 0 Å². The Bertz CT molecular complexity index is 978. The van der Waals surface area contributed by atoms with Gasteiger partial charge in [0.2, 0.25) is 0 Å². The third-order valence-electron chi connectivity index (χ3n) is 5.24. The minimum absolute atomic E-state index is 0.201. The van der Waals surface area contributed by atoms with Gasteiger partial charge in [0.1, 0.15) is 0 Å². The van der Waals surface area contributed by atoms with Gasteiger partial charge >= 0.3 is 6.18 Å². The van der Waals surface area contributed by atoms with E-state index in [1.165, 1.54) is 12.1 Å². The largest absolute Gasteiger partial charge is 0.416 e. The van der Waals surface area contributed by atoms with Crippen LogP contribution in [0.1, 0.15) is 52.3 Å². The van der Waals surface area contributed by atoms with Crippen LogP contribution >= 0.6 is 0 Å². The van der Waals surface area contributed by atoms with Crippen molar-refractivity contribution in [1.29, 1.82) is 5.26 Å². The van der Waals surface area contributed by atoms with Gasteiger partial charge in [-0.2, -0.15) is 18.4 Å². The van der Waals surface area contributed by atoms with Crippen molar-refractivity contribution in [3.8, 4) is 6.07 Å². The van der Waals surface area contributed by atoms with E-state index in [1.54, 1.807) is 19.9 Å². The Kier molecular flexibility index (Phi) is 8.06.